The first-order valence-electron chi connectivity index (χ1n) is 8.89. The number of anilines is 1. The van der Waals surface area contributed by atoms with Crippen molar-refractivity contribution in [1.82, 2.24) is 5.32 Å². The molecule has 2 aliphatic rings. The van der Waals surface area contributed by atoms with Gasteiger partial charge in [-0.2, -0.15) is 0 Å². The van der Waals surface area contributed by atoms with E-state index in [1.807, 2.05) is 18.2 Å². The zero-order chi connectivity index (χ0) is 17.0. The van der Waals surface area contributed by atoms with Gasteiger partial charge in [-0.1, -0.05) is 31.4 Å². The van der Waals surface area contributed by atoms with Gasteiger partial charge in [0.2, 0.25) is 5.91 Å². The van der Waals surface area contributed by atoms with E-state index in [1.165, 1.54) is 0 Å². The fourth-order valence-corrected chi connectivity index (χ4v) is 5.58. The van der Waals surface area contributed by atoms with Crippen molar-refractivity contribution in [2.75, 3.05) is 11.9 Å². The highest BCUT2D eigenvalue weighted by Crippen LogP contribution is 2.26. The van der Waals surface area contributed by atoms with Crippen LogP contribution >= 0.6 is 0 Å². The maximum Gasteiger partial charge on any atom is 0.241 e. The molecule has 1 amide bonds. The molecular weight excluding hydrogens is 324 g/mol. The van der Waals surface area contributed by atoms with Crippen LogP contribution in [0.25, 0.3) is 0 Å². The minimum atomic E-state index is -3.12. The predicted molar refractivity (Wildman–Crippen MR) is 95.6 cm³/mol. The van der Waals surface area contributed by atoms with Gasteiger partial charge in [-0.3, -0.25) is 4.79 Å². The monoisotopic (exact) mass is 350 g/mol. The van der Waals surface area contributed by atoms with Gasteiger partial charge in [-0.15, -0.1) is 0 Å². The van der Waals surface area contributed by atoms with Gasteiger partial charge in [-0.05, 0) is 49.9 Å². The largest absolute Gasteiger partial charge is 0.325 e. The Morgan fingerprint density at radius 1 is 1.12 bits per heavy atom. The van der Waals surface area contributed by atoms with Gasteiger partial charge in [0.05, 0.1) is 17.0 Å². The lowest BCUT2D eigenvalue weighted by Crippen LogP contribution is -2.35. The van der Waals surface area contributed by atoms with E-state index in [0.717, 1.165) is 57.1 Å². The molecular formula is C18H26N2O3S. The highest BCUT2D eigenvalue weighted by molar-refractivity contribution is 7.91. The molecule has 2 N–H and O–H groups in total. The molecule has 24 heavy (non-hydrogen) atoms. The van der Waals surface area contributed by atoms with Crippen LogP contribution in [0.4, 0.5) is 5.69 Å². The Kier molecular flexibility index (Phi) is 5.56. The molecule has 1 saturated carbocycles. The fourth-order valence-electron chi connectivity index (χ4n) is 3.65. The summed E-state index contributed by atoms with van der Waals surface area (Å²) in [6, 6.07) is 7.09. The van der Waals surface area contributed by atoms with Crippen LogP contribution in [0.3, 0.4) is 0 Å². The lowest BCUT2D eigenvalue weighted by Gasteiger charge is -2.21. The van der Waals surface area contributed by atoms with Gasteiger partial charge in [0.1, 0.15) is 0 Å². The first-order valence-corrected chi connectivity index (χ1v) is 10.6. The first-order chi connectivity index (χ1) is 11.5. The average molecular weight is 350 g/mol. The molecule has 1 heterocycles. The zero-order valence-electron chi connectivity index (χ0n) is 14.0. The molecule has 3 rings (SSSR count). The molecule has 0 bridgehead atoms. The van der Waals surface area contributed by atoms with E-state index < -0.39 is 9.84 Å². The SMILES string of the molecule is O=C(Nc1cccc(CS(=O)(=O)C2CCCCC2)c1)C1CCCN1. The van der Waals surface area contributed by atoms with Crippen molar-refractivity contribution in [3.05, 3.63) is 29.8 Å². The van der Waals surface area contributed by atoms with Crippen LogP contribution in [0.1, 0.15) is 50.5 Å². The van der Waals surface area contributed by atoms with Gasteiger partial charge in [0.25, 0.3) is 0 Å². The number of carbonyl (C=O) groups excluding carboxylic acids is 1. The van der Waals surface area contributed by atoms with Crippen molar-refractivity contribution in [3.63, 3.8) is 0 Å². The molecule has 1 aromatic rings. The number of hydrogen-bond donors (Lipinski definition) is 2. The van der Waals surface area contributed by atoms with Crippen LogP contribution < -0.4 is 10.6 Å². The van der Waals surface area contributed by atoms with E-state index in [-0.39, 0.29) is 23.0 Å². The van der Waals surface area contributed by atoms with Crippen molar-refractivity contribution in [3.8, 4) is 0 Å². The Labute approximate surface area is 144 Å². The van der Waals surface area contributed by atoms with Crippen LogP contribution in [-0.4, -0.2) is 32.2 Å². The average Bonchev–Trinajstić information content (AvgIpc) is 3.10. The van der Waals surface area contributed by atoms with Gasteiger partial charge in [0.15, 0.2) is 9.84 Å². The molecule has 5 nitrogen and oxygen atoms in total. The normalized spacial score (nSPS) is 22.4. The van der Waals surface area contributed by atoms with E-state index in [9.17, 15) is 13.2 Å². The second-order valence-corrected chi connectivity index (χ2v) is 9.19. The molecule has 1 aliphatic carbocycles. The maximum absolute atomic E-state index is 12.6. The zero-order valence-corrected chi connectivity index (χ0v) is 14.8. The Morgan fingerprint density at radius 2 is 1.92 bits per heavy atom. The third-order valence-electron chi connectivity index (χ3n) is 5.00. The van der Waals surface area contributed by atoms with Crippen molar-refractivity contribution in [1.29, 1.82) is 0 Å². The van der Waals surface area contributed by atoms with Crippen LogP contribution in [0.5, 0.6) is 0 Å². The van der Waals surface area contributed by atoms with Crippen LogP contribution in [-0.2, 0) is 20.4 Å². The number of nitrogens with one attached hydrogen (secondary N) is 2. The van der Waals surface area contributed by atoms with Gasteiger partial charge >= 0.3 is 0 Å². The smallest absolute Gasteiger partial charge is 0.241 e. The topological polar surface area (TPSA) is 75.3 Å². The molecule has 6 heteroatoms. The summed E-state index contributed by atoms with van der Waals surface area (Å²) in [6.07, 6.45) is 6.59. The number of amides is 1. The van der Waals surface area contributed by atoms with Gasteiger partial charge in [0, 0.05) is 5.69 Å². The summed E-state index contributed by atoms with van der Waals surface area (Å²) in [4.78, 5) is 12.2. The lowest BCUT2D eigenvalue weighted by atomic mass is 10.0. The second kappa shape index (κ2) is 7.66. The van der Waals surface area contributed by atoms with Crippen LogP contribution in [0.2, 0.25) is 0 Å². The Hall–Kier alpha value is -1.40. The van der Waals surface area contributed by atoms with Crippen molar-refractivity contribution in [2.24, 2.45) is 0 Å². The molecule has 132 valence electrons. The minimum absolute atomic E-state index is 0.0419. The second-order valence-electron chi connectivity index (χ2n) is 6.91. The predicted octanol–water partition coefficient (Wildman–Crippen LogP) is 2.62. The number of benzene rings is 1. The molecule has 2 fully saturated rings. The molecule has 1 unspecified atom stereocenters. The summed E-state index contributed by atoms with van der Waals surface area (Å²) >= 11 is 0. The molecule has 0 aromatic heterocycles. The molecule has 1 aliphatic heterocycles. The number of rotatable bonds is 5. The standard InChI is InChI=1S/C18H26N2O3S/c21-18(17-10-5-11-19-17)20-15-7-4-6-14(12-15)13-24(22,23)16-8-2-1-3-9-16/h4,6-7,12,16-17,19H,1-3,5,8-11,13H2,(H,20,21). The summed E-state index contributed by atoms with van der Waals surface area (Å²) < 4.78 is 25.2. The number of carbonyl (C=O) groups is 1. The van der Waals surface area contributed by atoms with E-state index >= 15 is 0 Å². The molecule has 1 aromatic carbocycles. The fraction of sp³-hybridized carbons (Fsp3) is 0.611. The number of sulfone groups is 1. The van der Waals surface area contributed by atoms with Gasteiger partial charge < -0.3 is 10.6 Å². The minimum Gasteiger partial charge on any atom is -0.325 e. The highest BCUT2D eigenvalue weighted by Gasteiger charge is 2.27. The number of hydrogen-bond acceptors (Lipinski definition) is 4. The third kappa shape index (κ3) is 4.36. The summed E-state index contributed by atoms with van der Waals surface area (Å²) in [5.74, 6) is 0.0167. The van der Waals surface area contributed by atoms with E-state index in [0.29, 0.717) is 5.69 Å². The quantitative estimate of drug-likeness (QED) is 0.856. The first kappa shape index (κ1) is 17.4. The lowest BCUT2D eigenvalue weighted by molar-refractivity contribution is -0.117. The maximum atomic E-state index is 12.6. The summed E-state index contributed by atoms with van der Waals surface area (Å²) in [5.41, 5.74) is 1.42. The Bertz CT molecular complexity index is 675. The molecule has 0 radical (unpaired) electrons. The van der Waals surface area contributed by atoms with Crippen molar-refractivity contribution < 1.29 is 13.2 Å². The molecule has 1 atom stereocenters. The van der Waals surface area contributed by atoms with E-state index in [4.69, 9.17) is 0 Å². The Morgan fingerprint density at radius 3 is 2.62 bits per heavy atom. The summed E-state index contributed by atoms with van der Waals surface area (Å²) in [5, 5.41) is 5.86. The third-order valence-corrected chi connectivity index (χ3v) is 7.22. The van der Waals surface area contributed by atoms with Crippen molar-refractivity contribution >= 4 is 21.4 Å². The van der Waals surface area contributed by atoms with Gasteiger partial charge in [-0.25, -0.2) is 8.42 Å². The molecule has 1 saturated heterocycles. The van der Waals surface area contributed by atoms with Crippen LogP contribution in [0, 0.1) is 0 Å². The van der Waals surface area contributed by atoms with E-state index in [2.05, 4.69) is 10.6 Å². The highest BCUT2D eigenvalue weighted by atomic mass is 32.2. The summed E-state index contributed by atoms with van der Waals surface area (Å²) in [7, 11) is -3.12. The Balaban J connectivity index is 1.65. The van der Waals surface area contributed by atoms with Crippen LogP contribution in [0.15, 0.2) is 24.3 Å². The molecule has 0 spiro atoms. The van der Waals surface area contributed by atoms with Crippen molar-refractivity contribution in [2.45, 2.75) is 62.0 Å². The summed E-state index contributed by atoms with van der Waals surface area (Å²) in [6.45, 7) is 0.873. The van der Waals surface area contributed by atoms with E-state index in [1.54, 1.807) is 6.07 Å².